The van der Waals surface area contributed by atoms with Crippen LogP contribution in [0.25, 0.3) is 0 Å². The molecule has 2 rings (SSSR count). The summed E-state index contributed by atoms with van der Waals surface area (Å²) < 4.78 is 5.39. The molecular weight excluding hydrogens is 272 g/mol. The highest BCUT2D eigenvalue weighted by Crippen LogP contribution is 2.35. The first-order valence-corrected chi connectivity index (χ1v) is 7.14. The lowest BCUT2D eigenvalue weighted by molar-refractivity contribution is -0.148. The van der Waals surface area contributed by atoms with Crippen molar-refractivity contribution in [1.29, 1.82) is 0 Å². The smallest absolute Gasteiger partial charge is 0.327 e. The molecule has 1 unspecified atom stereocenters. The van der Waals surface area contributed by atoms with Gasteiger partial charge in [0.1, 0.15) is 17.6 Å². The largest absolute Gasteiger partial charge is 0.480 e. The highest BCUT2D eigenvalue weighted by molar-refractivity contribution is 5.83. The first kappa shape index (κ1) is 15.4. The minimum atomic E-state index is -0.955. The third kappa shape index (κ3) is 3.37. The number of carboxylic acids is 1. The molecule has 21 heavy (non-hydrogen) atoms. The molecule has 116 valence electrons. The van der Waals surface area contributed by atoms with Crippen molar-refractivity contribution in [2.45, 2.75) is 46.2 Å². The molecule has 0 radical (unpaired) electrons. The Bertz CT molecular complexity index is 536. The van der Waals surface area contributed by atoms with Crippen molar-refractivity contribution in [1.82, 2.24) is 10.2 Å². The number of hydrogen-bond acceptors (Lipinski definition) is 3. The monoisotopic (exact) mass is 294 g/mol. The van der Waals surface area contributed by atoms with Gasteiger partial charge in [-0.15, -0.1) is 0 Å². The number of hydrogen-bond donors (Lipinski definition) is 2. The van der Waals surface area contributed by atoms with Crippen molar-refractivity contribution in [2.24, 2.45) is 5.41 Å². The second-order valence-electron chi connectivity index (χ2n) is 6.20. The van der Waals surface area contributed by atoms with Gasteiger partial charge < -0.3 is 19.7 Å². The Kier molecular flexibility index (Phi) is 4.25. The number of furan rings is 1. The molecule has 1 aliphatic heterocycles. The Hall–Kier alpha value is -1.98. The van der Waals surface area contributed by atoms with Crippen LogP contribution in [0.5, 0.6) is 0 Å². The molecule has 0 spiro atoms. The summed E-state index contributed by atoms with van der Waals surface area (Å²) in [6.45, 7) is 6.33. The second kappa shape index (κ2) is 5.79. The van der Waals surface area contributed by atoms with Gasteiger partial charge in [0.25, 0.3) is 0 Å². The molecule has 1 aliphatic rings. The molecular formula is C15H22N2O4. The number of amides is 2. The number of nitrogens with one attached hydrogen (secondary N) is 1. The normalized spacial score (nSPS) is 21.1. The maximum Gasteiger partial charge on any atom is 0.327 e. The summed E-state index contributed by atoms with van der Waals surface area (Å²) in [5, 5.41) is 12.2. The van der Waals surface area contributed by atoms with E-state index in [1.165, 1.54) is 4.90 Å². The van der Waals surface area contributed by atoms with Crippen molar-refractivity contribution in [2.75, 3.05) is 6.54 Å². The number of rotatable bonds is 3. The fraction of sp³-hybridized carbons (Fsp3) is 0.600. The van der Waals surface area contributed by atoms with Gasteiger partial charge in [-0.2, -0.15) is 0 Å². The fourth-order valence-corrected chi connectivity index (χ4v) is 2.92. The lowest BCUT2D eigenvalue weighted by Crippen LogP contribution is -2.58. The van der Waals surface area contributed by atoms with E-state index in [4.69, 9.17) is 4.42 Å². The summed E-state index contributed by atoms with van der Waals surface area (Å²) >= 11 is 0. The number of carbonyl (C=O) groups is 2. The summed E-state index contributed by atoms with van der Waals surface area (Å²) in [6, 6.07) is 2.46. The minimum Gasteiger partial charge on any atom is -0.480 e. The summed E-state index contributed by atoms with van der Waals surface area (Å²) in [4.78, 5) is 25.2. The summed E-state index contributed by atoms with van der Waals surface area (Å²) in [6.07, 6.45) is 1.61. The molecule has 0 bridgehead atoms. The van der Waals surface area contributed by atoms with E-state index in [-0.39, 0.29) is 12.6 Å². The number of aliphatic carboxylic acids is 1. The van der Waals surface area contributed by atoms with Crippen molar-refractivity contribution < 1.29 is 19.1 Å². The Balaban J connectivity index is 2.04. The number of nitrogens with zero attached hydrogens (tertiary/aromatic N) is 1. The first-order chi connectivity index (χ1) is 9.81. The molecule has 2 heterocycles. The molecule has 1 atom stereocenters. The van der Waals surface area contributed by atoms with Crippen LogP contribution >= 0.6 is 0 Å². The Morgan fingerprint density at radius 1 is 1.48 bits per heavy atom. The van der Waals surface area contributed by atoms with Gasteiger partial charge >= 0.3 is 12.0 Å². The zero-order valence-corrected chi connectivity index (χ0v) is 12.7. The Morgan fingerprint density at radius 3 is 2.76 bits per heavy atom. The molecule has 6 heteroatoms. The van der Waals surface area contributed by atoms with Crippen LogP contribution in [-0.4, -0.2) is 34.6 Å². The number of piperidine rings is 1. The van der Waals surface area contributed by atoms with Crippen LogP contribution < -0.4 is 5.32 Å². The van der Waals surface area contributed by atoms with E-state index in [1.54, 1.807) is 6.07 Å². The second-order valence-corrected chi connectivity index (χ2v) is 6.20. The molecule has 1 saturated heterocycles. The quantitative estimate of drug-likeness (QED) is 0.896. The van der Waals surface area contributed by atoms with E-state index < -0.39 is 17.4 Å². The molecule has 2 amide bonds. The van der Waals surface area contributed by atoms with E-state index in [2.05, 4.69) is 5.32 Å². The predicted octanol–water partition coefficient (Wildman–Crippen LogP) is 2.37. The lowest BCUT2D eigenvalue weighted by atomic mass is 9.76. The third-order valence-electron chi connectivity index (χ3n) is 3.98. The zero-order chi connectivity index (χ0) is 15.6. The number of urea groups is 1. The Morgan fingerprint density at radius 2 is 2.19 bits per heavy atom. The molecule has 2 N–H and O–H groups in total. The maximum atomic E-state index is 12.3. The zero-order valence-electron chi connectivity index (χ0n) is 12.7. The fourth-order valence-electron chi connectivity index (χ4n) is 2.92. The first-order valence-electron chi connectivity index (χ1n) is 7.14. The lowest BCUT2D eigenvalue weighted by Gasteiger charge is -2.43. The maximum absolute atomic E-state index is 12.3. The molecule has 0 saturated carbocycles. The number of carbonyl (C=O) groups excluding carboxylic acids is 1. The molecule has 1 aromatic rings. The number of carboxylic acid groups (broad SMARTS) is 1. The SMILES string of the molecule is Cc1ccc(CNC(=O)N2CCCC(C)(C)C2C(=O)O)o1. The van der Waals surface area contributed by atoms with Gasteiger partial charge in [-0.05, 0) is 37.3 Å². The van der Waals surface area contributed by atoms with Crippen molar-refractivity contribution in [3.63, 3.8) is 0 Å². The van der Waals surface area contributed by atoms with Crippen LogP contribution in [0.1, 0.15) is 38.2 Å². The van der Waals surface area contributed by atoms with E-state index in [9.17, 15) is 14.7 Å². The van der Waals surface area contributed by atoms with Gasteiger partial charge in [-0.3, -0.25) is 0 Å². The van der Waals surface area contributed by atoms with E-state index in [1.807, 2.05) is 26.8 Å². The van der Waals surface area contributed by atoms with E-state index in [0.29, 0.717) is 12.3 Å². The topological polar surface area (TPSA) is 82.8 Å². The Labute approximate surface area is 124 Å². The van der Waals surface area contributed by atoms with Gasteiger partial charge in [0.15, 0.2) is 0 Å². The van der Waals surface area contributed by atoms with Crippen molar-refractivity contribution in [3.05, 3.63) is 23.7 Å². The van der Waals surface area contributed by atoms with Crippen LogP contribution in [0.2, 0.25) is 0 Å². The van der Waals surface area contributed by atoms with Gasteiger partial charge in [0.2, 0.25) is 0 Å². The van der Waals surface area contributed by atoms with E-state index >= 15 is 0 Å². The summed E-state index contributed by atoms with van der Waals surface area (Å²) in [7, 11) is 0. The van der Waals surface area contributed by atoms with Gasteiger partial charge in [0, 0.05) is 6.54 Å². The van der Waals surface area contributed by atoms with Crippen LogP contribution in [-0.2, 0) is 11.3 Å². The molecule has 1 aromatic heterocycles. The third-order valence-corrected chi connectivity index (χ3v) is 3.98. The standard InChI is InChI=1S/C15H22N2O4/c1-10-5-6-11(21-10)9-16-14(20)17-8-4-7-15(2,3)12(17)13(18)19/h5-6,12H,4,7-9H2,1-3H3,(H,16,20)(H,18,19). The van der Waals surface area contributed by atoms with Crippen LogP contribution in [0.15, 0.2) is 16.5 Å². The average molecular weight is 294 g/mol. The highest BCUT2D eigenvalue weighted by Gasteiger charge is 2.44. The van der Waals surface area contributed by atoms with Crippen molar-refractivity contribution >= 4 is 12.0 Å². The van der Waals surface area contributed by atoms with Crippen molar-refractivity contribution in [3.8, 4) is 0 Å². The number of aryl methyl sites for hydroxylation is 1. The summed E-state index contributed by atoms with van der Waals surface area (Å²) in [5.74, 6) is 0.481. The van der Waals surface area contributed by atoms with Gasteiger partial charge in [0.05, 0.1) is 6.54 Å². The highest BCUT2D eigenvalue weighted by atomic mass is 16.4. The molecule has 0 aromatic carbocycles. The molecule has 0 aliphatic carbocycles. The number of likely N-dealkylation sites (tertiary alicyclic amines) is 1. The molecule has 6 nitrogen and oxygen atoms in total. The van der Waals surface area contributed by atoms with Crippen LogP contribution in [0.4, 0.5) is 4.79 Å². The average Bonchev–Trinajstić information content (AvgIpc) is 2.79. The van der Waals surface area contributed by atoms with Gasteiger partial charge in [-0.1, -0.05) is 13.8 Å². The minimum absolute atomic E-state index is 0.260. The van der Waals surface area contributed by atoms with Crippen LogP contribution in [0, 0.1) is 12.3 Å². The predicted molar refractivity (Wildman–Crippen MR) is 76.8 cm³/mol. The van der Waals surface area contributed by atoms with Crippen LogP contribution in [0.3, 0.4) is 0 Å². The van der Waals surface area contributed by atoms with E-state index in [0.717, 1.165) is 18.6 Å². The summed E-state index contributed by atoms with van der Waals surface area (Å²) in [5.41, 5.74) is -0.428. The molecule has 1 fully saturated rings. The van der Waals surface area contributed by atoms with Gasteiger partial charge in [-0.25, -0.2) is 9.59 Å².